The molecule has 0 amide bonds. The number of aliphatic hydroxyl groups is 3. The van der Waals surface area contributed by atoms with Crippen LogP contribution in [0.1, 0.15) is 85.5 Å². The minimum Gasteiger partial charge on any atom is -0.393 e. The summed E-state index contributed by atoms with van der Waals surface area (Å²) in [6.07, 6.45) is 8.78. The van der Waals surface area contributed by atoms with Gasteiger partial charge < -0.3 is 15.3 Å². The maximum Gasteiger partial charge on any atom is 0.0958 e. The summed E-state index contributed by atoms with van der Waals surface area (Å²) >= 11 is 0. The average Bonchev–Trinajstić information content (AvgIpc) is 2.82. The van der Waals surface area contributed by atoms with Crippen molar-refractivity contribution in [1.29, 1.82) is 0 Å². The quantitative estimate of drug-likeness (QED) is 0.672. The number of hydrogen-bond donors (Lipinski definition) is 3. The summed E-state index contributed by atoms with van der Waals surface area (Å²) in [5.41, 5.74) is -0.464. The van der Waals surface area contributed by atoms with E-state index in [1.807, 2.05) is 0 Å². The molecule has 0 aromatic carbocycles. The molecule has 0 saturated heterocycles. The molecule has 0 aliphatic heterocycles. The van der Waals surface area contributed by atoms with Gasteiger partial charge in [-0.25, -0.2) is 0 Å². The molecule has 0 aromatic rings. The van der Waals surface area contributed by atoms with Crippen LogP contribution in [0.2, 0.25) is 0 Å². The van der Waals surface area contributed by atoms with E-state index in [9.17, 15) is 15.3 Å². The molecule has 0 radical (unpaired) electrons. The Morgan fingerprint density at radius 3 is 2.12 bits per heavy atom. The molecule has 0 spiro atoms. The molecule has 0 aromatic heterocycles. The van der Waals surface area contributed by atoms with Crippen LogP contribution in [0.5, 0.6) is 0 Å². The predicted octanol–water partition coefficient (Wildman–Crippen LogP) is 3.89. The van der Waals surface area contributed by atoms with E-state index in [1.165, 1.54) is 19.3 Å². The van der Waals surface area contributed by atoms with Gasteiger partial charge in [-0.1, -0.05) is 20.8 Å². The Morgan fingerprint density at radius 1 is 0.840 bits per heavy atom. The van der Waals surface area contributed by atoms with E-state index < -0.39 is 11.7 Å². The predicted molar refractivity (Wildman–Crippen MR) is 99.0 cm³/mol. The van der Waals surface area contributed by atoms with E-state index in [0.29, 0.717) is 23.2 Å². The lowest BCUT2D eigenvalue weighted by molar-refractivity contribution is -0.203. The van der Waals surface area contributed by atoms with Crippen molar-refractivity contribution < 1.29 is 15.3 Å². The molecular formula is C22H38O3. The van der Waals surface area contributed by atoms with Crippen molar-refractivity contribution in [2.75, 3.05) is 0 Å². The first-order valence-corrected chi connectivity index (χ1v) is 10.7. The molecule has 0 bridgehead atoms. The minimum absolute atomic E-state index is 0.115. The highest BCUT2D eigenvalue weighted by atomic mass is 16.3. The Bertz CT molecular complexity index is 547. The van der Waals surface area contributed by atoms with Crippen LogP contribution in [-0.2, 0) is 0 Å². The molecule has 25 heavy (non-hydrogen) atoms. The molecule has 4 rings (SSSR count). The van der Waals surface area contributed by atoms with Crippen molar-refractivity contribution in [3.8, 4) is 0 Å². The zero-order valence-corrected chi connectivity index (χ0v) is 16.6. The van der Waals surface area contributed by atoms with Crippen LogP contribution in [0, 0.1) is 34.0 Å². The fourth-order valence-corrected chi connectivity index (χ4v) is 8.35. The molecule has 4 saturated carbocycles. The summed E-state index contributed by atoms with van der Waals surface area (Å²) in [4.78, 5) is 0. The summed E-state index contributed by atoms with van der Waals surface area (Å²) < 4.78 is 0. The summed E-state index contributed by atoms with van der Waals surface area (Å²) in [5, 5.41) is 31.9. The summed E-state index contributed by atoms with van der Waals surface area (Å²) in [5.74, 6) is 1.94. The van der Waals surface area contributed by atoms with Crippen LogP contribution in [-0.4, -0.2) is 33.1 Å². The first-order chi connectivity index (χ1) is 11.6. The maximum atomic E-state index is 11.3. The van der Waals surface area contributed by atoms with Crippen LogP contribution in [0.3, 0.4) is 0 Å². The third-order valence-electron chi connectivity index (χ3n) is 10.3. The topological polar surface area (TPSA) is 60.7 Å². The first-order valence-electron chi connectivity index (χ1n) is 10.7. The van der Waals surface area contributed by atoms with Crippen molar-refractivity contribution in [2.45, 2.75) is 103 Å². The van der Waals surface area contributed by atoms with Gasteiger partial charge in [0.2, 0.25) is 0 Å². The van der Waals surface area contributed by atoms with Gasteiger partial charge in [-0.2, -0.15) is 0 Å². The molecule has 0 unspecified atom stereocenters. The van der Waals surface area contributed by atoms with Gasteiger partial charge in [-0.15, -0.1) is 0 Å². The molecule has 4 fully saturated rings. The lowest BCUT2D eigenvalue weighted by atomic mass is 9.40. The number of aliphatic hydroxyl groups excluding tert-OH is 2. The van der Waals surface area contributed by atoms with Gasteiger partial charge in [-0.05, 0) is 93.3 Å². The van der Waals surface area contributed by atoms with E-state index in [2.05, 4.69) is 20.8 Å². The van der Waals surface area contributed by atoms with E-state index in [1.54, 1.807) is 6.92 Å². The Balaban J connectivity index is 1.67. The van der Waals surface area contributed by atoms with Gasteiger partial charge in [0.05, 0.1) is 17.8 Å². The van der Waals surface area contributed by atoms with Crippen LogP contribution in [0.15, 0.2) is 0 Å². The average molecular weight is 351 g/mol. The zero-order chi connectivity index (χ0) is 18.3. The second-order valence-electron chi connectivity index (χ2n) is 10.9. The van der Waals surface area contributed by atoms with Crippen molar-refractivity contribution in [1.82, 2.24) is 0 Å². The van der Waals surface area contributed by atoms with E-state index >= 15 is 0 Å². The third kappa shape index (κ3) is 2.15. The number of rotatable bonds is 1. The molecule has 0 heterocycles. The second-order valence-corrected chi connectivity index (χ2v) is 10.9. The smallest absolute Gasteiger partial charge is 0.0958 e. The lowest BCUT2D eigenvalue weighted by Gasteiger charge is -2.65. The summed E-state index contributed by atoms with van der Waals surface area (Å²) in [7, 11) is 0. The Kier molecular flexibility index (Phi) is 3.98. The highest BCUT2D eigenvalue weighted by molar-refractivity contribution is 5.16. The van der Waals surface area contributed by atoms with E-state index in [-0.39, 0.29) is 16.9 Å². The van der Waals surface area contributed by atoms with Crippen molar-refractivity contribution in [2.24, 2.45) is 34.0 Å². The van der Waals surface area contributed by atoms with Gasteiger partial charge in [0.15, 0.2) is 0 Å². The molecule has 4 aliphatic rings. The standard InChI is InChI=1S/C22H38O3/c1-14(23)22(25)12-8-18-16-6-9-19(2)13-15(24)5-10-20(19,3)17(16)7-11-21(18,22)4/h14-18,23-25H,5-13H2,1-4H3/t14-,15-,16+,17-,18-,19-,20+,21-,22+/m0/s1. The molecule has 4 aliphatic carbocycles. The Labute approximate surface area is 153 Å². The molecule has 144 valence electrons. The molecule has 9 atom stereocenters. The zero-order valence-electron chi connectivity index (χ0n) is 16.6. The highest BCUT2D eigenvalue weighted by Gasteiger charge is 2.67. The van der Waals surface area contributed by atoms with Gasteiger partial charge in [0.25, 0.3) is 0 Å². The fourth-order valence-electron chi connectivity index (χ4n) is 8.35. The van der Waals surface area contributed by atoms with Crippen molar-refractivity contribution in [3.05, 3.63) is 0 Å². The number of fused-ring (bicyclic) bond motifs is 5. The fraction of sp³-hybridized carbons (Fsp3) is 1.00. The van der Waals surface area contributed by atoms with Crippen LogP contribution < -0.4 is 0 Å². The lowest BCUT2D eigenvalue weighted by Crippen LogP contribution is -2.61. The minimum atomic E-state index is -0.910. The third-order valence-corrected chi connectivity index (χ3v) is 10.3. The SMILES string of the molecule is C[C@H](O)[C@]1(O)CC[C@H]2[C@@H]3CC[C@@]4(C)C[C@@H](O)CC[C@]4(C)[C@H]3CC[C@@]21C. The Morgan fingerprint density at radius 2 is 1.44 bits per heavy atom. The molecular weight excluding hydrogens is 312 g/mol. The van der Waals surface area contributed by atoms with Crippen molar-refractivity contribution in [3.63, 3.8) is 0 Å². The first kappa shape index (κ1) is 18.3. The van der Waals surface area contributed by atoms with Crippen LogP contribution >= 0.6 is 0 Å². The highest BCUT2D eigenvalue weighted by Crippen LogP contribution is 2.71. The van der Waals surface area contributed by atoms with E-state index in [4.69, 9.17) is 0 Å². The van der Waals surface area contributed by atoms with Crippen LogP contribution in [0.4, 0.5) is 0 Å². The van der Waals surface area contributed by atoms with E-state index in [0.717, 1.165) is 38.5 Å². The Hall–Kier alpha value is -0.120. The summed E-state index contributed by atoms with van der Waals surface area (Å²) in [6, 6.07) is 0. The van der Waals surface area contributed by atoms with Crippen LogP contribution in [0.25, 0.3) is 0 Å². The summed E-state index contributed by atoms with van der Waals surface area (Å²) in [6.45, 7) is 8.98. The maximum absolute atomic E-state index is 11.3. The molecule has 3 N–H and O–H groups in total. The normalized spacial score (nSPS) is 59.6. The monoisotopic (exact) mass is 350 g/mol. The number of hydrogen-bond acceptors (Lipinski definition) is 3. The van der Waals surface area contributed by atoms with Crippen molar-refractivity contribution >= 4 is 0 Å². The second kappa shape index (κ2) is 5.45. The largest absolute Gasteiger partial charge is 0.393 e. The van der Waals surface area contributed by atoms with Gasteiger partial charge in [0.1, 0.15) is 0 Å². The van der Waals surface area contributed by atoms with Gasteiger partial charge in [0, 0.05) is 5.41 Å². The van der Waals surface area contributed by atoms with Gasteiger partial charge in [-0.3, -0.25) is 0 Å². The molecule has 3 heteroatoms. The van der Waals surface area contributed by atoms with Gasteiger partial charge >= 0.3 is 0 Å². The molecule has 3 nitrogen and oxygen atoms in total.